The molecule has 2 aliphatic heterocycles. The minimum Gasteiger partial charge on any atom is -0.312 e. The molecular weight excluding hydrogens is 272 g/mol. The van der Waals surface area contributed by atoms with Crippen LogP contribution in [0.1, 0.15) is 12.8 Å². The lowest BCUT2D eigenvalue weighted by Crippen LogP contribution is -2.49. The number of para-hydroxylation sites is 2. The van der Waals surface area contributed by atoms with E-state index in [2.05, 4.69) is 10.5 Å². The van der Waals surface area contributed by atoms with Crippen LogP contribution in [0, 0.1) is 0 Å². The molecule has 21 heavy (non-hydrogen) atoms. The van der Waals surface area contributed by atoms with Crippen LogP contribution in [0.5, 0.6) is 0 Å². The van der Waals surface area contributed by atoms with Crippen LogP contribution >= 0.6 is 0 Å². The quantitative estimate of drug-likeness (QED) is 0.804. The number of benzene rings is 1. The molecule has 0 aliphatic carbocycles. The van der Waals surface area contributed by atoms with E-state index in [4.69, 9.17) is 0 Å². The summed E-state index contributed by atoms with van der Waals surface area (Å²) in [4.78, 5) is 38.6. The first-order valence-electron chi connectivity index (χ1n) is 6.61. The highest BCUT2D eigenvalue weighted by molar-refractivity contribution is 6.45. The zero-order valence-corrected chi connectivity index (χ0v) is 11.5. The fourth-order valence-electron chi connectivity index (χ4n) is 2.40. The van der Waals surface area contributed by atoms with Crippen LogP contribution in [-0.2, 0) is 14.4 Å². The Labute approximate surface area is 121 Å². The van der Waals surface area contributed by atoms with E-state index in [0.717, 1.165) is 0 Å². The maximum Gasteiger partial charge on any atom is 0.275 e. The summed E-state index contributed by atoms with van der Waals surface area (Å²) in [5.74, 6) is -0.715. The van der Waals surface area contributed by atoms with Gasteiger partial charge >= 0.3 is 0 Å². The predicted molar refractivity (Wildman–Crippen MR) is 77.0 cm³/mol. The van der Waals surface area contributed by atoms with Gasteiger partial charge in [-0.15, -0.1) is 0 Å². The van der Waals surface area contributed by atoms with Crippen molar-refractivity contribution in [3.8, 4) is 0 Å². The average molecular weight is 286 g/mol. The summed E-state index contributed by atoms with van der Waals surface area (Å²) in [6.45, 7) is -0.0285. The van der Waals surface area contributed by atoms with Crippen molar-refractivity contribution in [2.45, 2.75) is 12.8 Å². The lowest BCUT2D eigenvalue weighted by atomic mass is 10.1. The Morgan fingerprint density at radius 1 is 1.19 bits per heavy atom. The van der Waals surface area contributed by atoms with Gasteiger partial charge in [0.1, 0.15) is 12.3 Å². The van der Waals surface area contributed by atoms with Gasteiger partial charge in [0.05, 0.1) is 11.4 Å². The van der Waals surface area contributed by atoms with E-state index in [1.54, 1.807) is 19.2 Å². The van der Waals surface area contributed by atoms with Crippen LogP contribution < -0.4 is 15.2 Å². The number of hydrazone groups is 1. The van der Waals surface area contributed by atoms with Gasteiger partial charge in [0.15, 0.2) is 0 Å². The van der Waals surface area contributed by atoms with Crippen LogP contribution in [0.4, 0.5) is 11.4 Å². The number of carbonyl (C=O) groups is 3. The van der Waals surface area contributed by atoms with E-state index in [1.807, 2.05) is 12.1 Å². The van der Waals surface area contributed by atoms with Gasteiger partial charge in [-0.3, -0.25) is 19.3 Å². The highest BCUT2D eigenvalue weighted by atomic mass is 16.2. The second-order valence-corrected chi connectivity index (χ2v) is 4.93. The SMILES string of the molecule is CN1C(=O)CN(C(=O)C2=NNC(=O)CC2)c2ccccc21. The molecule has 7 nitrogen and oxygen atoms in total. The fourth-order valence-corrected chi connectivity index (χ4v) is 2.40. The number of nitrogens with zero attached hydrogens (tertiary/aromatic N) is 3. The molecule has 7 heteroatoms. The first-order chi connectivity index (χ1) is 10.1. The Balaban J connectivity index is 1.95. The van der Waals surface area contributed by atoms with Crippen molar-refractivity contribution < 1.29 is 14.4 Å². The first-order valence-corrected chi connectivity index (χ1v) is 6.61. The molecule has 0 saturated heterocycles. The average Bonchev–Trinajstić information content (AvgIpc) is 2.51. The molecule has 1 N–H and O–H groups in total. The maximum absolute atomic E-state index is 12.5. The highest BCUT2D eigenvalue weighted by Gasteiger charge is 2.33. The van der Waals surface area contributed by atoms with Crippen LogP contribution in [-0.4, -0.2) is 37.0 Å². The van der Waals surface area contributed by atoms with Crippen LogP contribution in [0.3, 0.4) is 0 Å². The van der Waals surface area contributed by atoms with Crippen molar-refractivity contribution in [3.05, 3.63) is 24.3 Å². The van der Waals surface area contributed by atoms with Crippen molar-refractivity contribution >= 4 is 34.8 Å². The summed E-state index contributed by atoms with van der Waals surface area (Å²) < 4.78 is 0. The zero-order chi connectivity index (χ0) is 15.0. The predicted octanol–water partition coefficient (Wildman–Crippen LogP) is 0.262. The topological polar surface area (TPSA) is 82.1 Å². The van der Waals surface area contributed by atoms with Gasteiger partial charge in [0.25, 0.3) is 5.91 Å². The van der Waals surface area contributed by atoms with Crippen molar-refractivity contribution in [1.29, 1.82) is 0 Å². The maximum atomic E-state index is 12.5. The van der Waals surface area contributed by atoms with Crippen LogP contribution in [0.15, 0.2) is 29.4 Å². The summed E-state index contributed by atoms with van der Waals surface area (Å²) in [6.07, 6.45) is 0.515. The molecule has 1 aromatic carbocycles. The largest absolute Gasteiger partial charge is 0.312 e. The number of rotatable bonds is 1. The third kappa shape index (κ3) is 2.26. The minimum atomic E-state index is -0.344. The second-order valence-electron chi connectivity index (χ2n) is 4.93. The molecule has 0 radical (unpaired) electrons. The molecule has 108 valence electrons. The van der Waals surface area contributed by atoms with Crippen molar-refractivity contribution in [2.24, 2.45) is 5.10 Å². The fraction of sp³-hybridized carbons (Fsp3) is 0.286. The standard InChI is InChI=1S/C14H14N4O3/c1-17-10-4-2-3-5-11(10)18(8-13(17)20)14(21)9-6-7-12(19)16-15-9/h2-5H,6-8H2,1H3,(H,16,19). The smallest absolute Gasteiger partial charge is 0.275 e. The van der Waals surface area contributed by atoms with Crippen molar-refractivity contribution in [1.82, 2.24) is 5.43 Å². The Hall–Kier alpha value is -2.70. The Morgan fingerprint density at radius 3 is 2.57 bits per heavy atom. The molecule has 0 aromatic heterocycles. The third-order valence-corrected chi connectivity index (χ3v) is 3.60. The van der Waals surface area contributed by atoms with E-state index in [-0.39, 0.29) is 42.8 Å². The van der Waals surface area contributed by atoms with Crippen LogP contribution in [0.25, 0.3) is 0 Å². The second kappa shape index (κ2) is 5.01. The van der Waals surface area contributed by atoms with Crippen LogP contribution in [0.2, 0.25) is 0 Å². The van der Waals surface area contributed by atoms with Gasteiger partial charge in [0.2, 0.25) is 11.8 Å². The van der Waals surface area contributed by atoms with Gasteiger partial charge in [-0.25, -0.2) is 5.43 Å². The van der Waals surface area contributed by atoms with Gasteiger partial charge in [-0.05, 0) is 12.1 Å². The minimum absolute atomic E-state index is 0.0285. The molecule has 0 fully saturated rings. The molecule has 1 aromatic rings. The number of hydrogen-bond acceptors (Lipinski definition) is 4. The number of amides is 3. The lowest BCUT2D eigenvalue weighted by molar-refractivity contribution is -0.122. The summed E-state index contributed by atoms with van der Waals surface area (Å²) in [5, 5.41) is 3.80. The van der Waals surface area contributed by atoms with Crippen molar-refractivity contribution in [3.63, 3.8) is 0 Å². The highest BCUT2D eigenvalue weighted by Crippen LogP contribution is 2.32. The van der Waals surface area contributed by atoms with Crippen molar-refractivity contribution in [2.75, 3.05) is 23.4 Å². The molecule has 0 spiro atoms. The van der Waals surface area contributed by atoms with E-state index in [1.165, 1.54) is 9.80 Å². The monoisotopic (exact) mass is 286 g/mol. The number of anilines is 2. The number of likely N-dealkylation sites (N-methyl/N-ethyl adjacent to an activating group) is 1. The van der Waals surface area contributed by atoms with E-state index < -0.39 is 0 Å². The molecule has 2 heterocycles. The summed E-state index contributed by atoms with van der Waals surface area (Å²) in [7, 11) is 1.68. The van der Waals surface area contributed by atoms with Gasteiger partial charge in [0, 0.05) is 19.9 Å². The van der Waals surface area contributed by atoms with Gasteiger partial charge in [-0.1, -0.05) is 12.1 Å². The third-order valence-electron chi connectivity index (χ3n) is 3.60. The molecule has 3 amide bonds. The molecular formula is C14H14N4O3. The first kappa shape index (κ1) is 13.3. The summed E-state index contributed by atoms with van der Waals surface area (Å²) in [6, 6.07) is 7.21. The molecule has 2 aliphatic rings. The number of hydrogen-bond donors (Lipinski definition) is 1. The number of carbonyl (C=O) groups excluding carboxylic acids is 3. The number of nitrogens with one attached hydrogen (secondary N) is 1. The molecule has 3 rings (SSSR count). The van der Waals surface area contributed by atoms with Gasteiger partial charge in [-0.2, -0.15) is 5.10 Å². The van der Waals surface area contributed by atoms with E-state index in [9.17, 15) is 14.4 Å². The molecule has 0 unspecified atom stereocenters. The zero-order valence-electron chi connectivity index (χ0n) is 11.5. The Kier molecular flexibility index (Phi) is 3.17. The lowest BCUT2D eigenvalue weighted by Gasteiger charge is -2.34. The molecule has 0 saturated carbocycles. The molecule has 0 bridgehead atoms. The Bertz CT molecular complexity index is 668. The summed E-state index contributed by atoms with van der Waals surface area (Å²) in [5.41, 5.74) is 3.92. The molecule has 0 atom stereocenters. The van der Waals surface area contributed by atoms with Gasteiger partial charge < -0.3 is 4.90 Å². The normalized spacial score (nSPS) is 18.0. The Morgan fingerprint density at radius 2 is 1.90 bits per heavy atom. The van der Waals surface area contributed by atoms with E-state index in [0.29, 0.717) is 11.4 Å². The number of fused-ring (bicyclic) bond motifs is 1. The van der Waals surface area contributed by atoms with E-state index >= 15 is 0 Å². The summed E-state index contributed by atoms with van der Waals surface area (Å²) >= 11 is 0.